The normalized spacial score (nSPS) is 11.1. The molecule has 0 aliphatic rings. The minimum absolute atomic E-state index is 0.544. The van der Waals surface area contributed by atoms with Crippen LogP contribution in [0.4, 0.5) is 5.95 Å². The zero-order chi connectivity index (χ0) is 11.8. The molecule has 2 N–H and O–H groups in total. The number of para-hydroxylation sites is 1. The number of hydrogen-bond acceptors (Lipinski definition) is 4. The highest BCUT2D eigenvalue weighted by Gasteiger charge is 2.10. The molecule has 3 aromatic rings. The average molecular weight is 244 g/mol. The Morgan fingerprint density at radius 1 is 1.41 bits per heavy atom. The van der Waals surface area contributed by atoms with Crippen molar-refractivity contribution in [3.63, 3.8) is 0 Å². The van der Waals surface area contributed by atoms with E-state index in [2.05, 4.69) is 9.97 Å². The second kappa shape index (κ2) is 3.85. The Hall–Kier alpha value is -1.88. The molecule has 86 valence electrons. The van der Waals surface area contributed by atoms with E-state index in [-0.39, 0.29) is 0 Å². The molecule has 3 rings (SSSR count). The van der Waals surface area contributed by atoms with Crippen molar-refractivity contribution in [3.05, 3.63) is 40.3 Å². The van der Waals surface area contributed by atoms with E-state index in [1.54, 1.807) is 11.3 Å². The highest BCUT2D eigenvalue weighted by molar-refractivity contribution is 7.07. The predicted molar refractivity (Wildman–Crippen MR) is 70.1 cm³/mol. The summed E-state index contributed by atoms with van der Waals surface area (Å²) >= 11 is 1.59. The van der Waals surface area contributed by atoms with Crippen LogP contribution in [0.2, 0.25) is 0 Å². The maximum Gasteiger partial charge on any atom is 0.201 e. The van der Waals surface area contributed by atoms with Crippen LogP contribution in [0, 0.1) is 6.92 Å². The Labute approximate surface area is 103 Å². The van der Waals surface area contributed by atoms with Crippen molar-refractivity contribution < 1.29 is 0 Å². The van der Waals surface area contributed by atoms with Crippen LogP contribution in [-0.2, 0) is 6.54 Å². The quantitative estimate of drug-likeness (QED) is 0.753. The molecule has 2 aromatic heterocycles. The first-order valence-electron chi connectivity index (χ1n) is 5.34. The molecule has 0 atom stereocenters. The molecule has 5 heteroatoms. The van der Waals surface area contributed by atoms with Crippen molar-refractivity contribution >= 4 is 28.3 Å². The van der Waals surface area contributed by atoms with Crippen LogP contribution in [0.25, 0.3) is 11.0 Å². The van der Waals surface area contributed by atoms with Gasteiger partial charge in [-0.05, 0) is 18.6 Å². The number of rotatable bonds is 2. The summed E-state index contributed by atoms with van der Waals surface area (Å²) in [7, 11) is 0. The van der Waals surface area contributed by atoms with E-state index in [0.29, 0.717) is 12.5 Å². The third kappa shape index (κ3) is 1.68. The summed E-state index contributed by atoms with van der Waals surface area (Å²) in [4.78, 5) is 8.69. The molecule has 0 radical (unpaired) electrons. The lowest BCUT2D eigenvalue weighted by molar-refractivity contribution is 0.816. The molecule has 0 amide bonds. The zero-order valence-corrected chi connectivity index (χ0v) is 10.2. The van der Waals surface area contributed by atoms with Gasteiger partial charge in [0.25, 0.3) is 0 Å². The fourth-order valence-electron chi connectivity index (χ4n) is 1.95. The molecule has 0 fully saturated rings. The number of anilines is 1. The molecule has 4 nitrogen and oxygen atoms in total. The molecule has 0 saturated heterocycles. The number of hydrogen-bond donors (Lipinski definition) is 1. The topological polar surface area (TPSA) is 56.7 Å². The molecule has 0 unspecified atom stereocenters. The molecule has 2 heterocycles. The number of thiazole rings is 1. The van der Waals surface area contributed by atoms with E-state index in [4.69, 9.17) is 5.73 Å². The predicted octanol–water partition coefficient (Wildman–Crippen LogP) is 2.43. The fourth-order valence-corrected chi connectivity index (χ4v) is 2.50. The van der Waals surface area contributed by atoms with Gasteiger partial charge in [0.1, 0.15) is 0 Å². The van der Waals surface area contributed by atoms with Gasteiger partial charge in [-0.25, -0.2) is 9.97 Å². The molecule has 17 heavy (non-hydrogen) atoms. The van der Waals surface area contributed by atoms with Crippen molar-refractivity contribution in [3.8, 4) is 0 Å². The summed E-state index contributed by atoms with van der Waals surface area (Å²) in [6.07, 6.45) is 0. The molecular formula is C12H12N4S. The number of imidazole rings is 1. The summed E-state index contributed by atoms with van der Waals surface area (Å²) in [6.45, 7) is 2.72. The summed E-state index contributed by atoms with van der Waals surface area (Å²) < 4.78 is 2.00. The Kier molecular flexibility index (Phi) is 2.33. The van der Waals surface area contributed by atoms with Crippen molar-refractivity contribution in [1.29, 1.82) is 0 Å². The van der Waals surface area contributed by atoms with Gasteiger partial charge in [0.15, 0.2) is 0 Å². The second-order valence-electron chi connectivity index (χ2n) is 3.98. The second-order valence-corrected chi connectivity index (χ2v) is 4.70. The van der Waals surface area contributed by atoms with Crippen LogP contribution < -0.4 is 5.73 Å². The smallest absolute Gasteiger partial charge is 0.201 e. The van der Waals surface area contributed by atoms with Crippen molar-refractivity contribution in [2.45, 2.75) is 13.5 Å². The first-order valence-corrected chi connectivity index (χ1v) is 6.28. The monoisotopic (exact) mass is 244 g/mol. The van der Waals surface area contributed by atoms with E-state index in [1.165, 1.54) is 0 Å². The van der Waals surface area contributed by atoms with E-state index < -0.39 is 0 Å². The largest absolute Gasteiger partial charge is 0.369 e. The average Bonchev–Trinajstić information content (AvgIpc) is 2.91. The maximum absolute atomic E-state index is 5.97. The Morgan fingerprint density at radius 2 is 2.29 bits per heavy atom. The number of fused-ring (bicyclic) bond motifs is 1. The van der Waals surface area contributed by atoms with Gasteiger partial charge in [0.2, 0.25) is 5.95 Å². The number of aromatic nitrogens is 3. The van der Waals surface area contributed by atoms with Gasteiger partial charge in [-0.15, -0.1) is 11.3 Å². The Morgan fingerprint density at radius 3 is 3.06 bits per heavy atom. The molecule has 1 aromatic carbocycles. The zero-order valence-electron chi connectivity index (χ0n) is 9.42. The lowest BCUT2D eigenvalue weighted by atomic mass is 10.2. The van der Waals surface area contributed by atoms with Crippen molar-refractivity contribution in [2.75, 3.05) is 5.73 Å². The number of nitrogens with zero attached hydrogens (tertiary/aromatic N) is 3. The van der Waals surface area contributed by atoms with Gasteiger partial charge in [0.05, 0.1) is 28.8 Å². The highest BCUT2D eigenvalue weighted by atomic mass is 32.1. The van der Waals surface area contributed by atoms with Crippen LogP contribution in [-0.4, -0.2) is 14.5 Å². The van der Waals surface area contributed by atoms with Gasteiger partial charge in [-0.1, -0.05) is 12.1 Å². The molecule has 0 bridgehead atoms. The summed E-state index contributed by atoms with van der Waals surface area (Å²) in [5.74, 6) is 0.544. The van der Waals surface area contributed by atoms with E-state index >= 15 is 0 Å². The van der Waals surface area contributed by atoms with Crippen LogP contribution >= 0.6 is 11.3 Å². The van der Waals surface area contributed by atoms with E-state index in [9.17, 15) is 0 Å². The van der Waals surface area contributed by atoms with Crippen LogP contribution in [0.5, 0.6) is 0 Å². The standard InChI is InChI=1S/C12H12N4S/c1-8-3-2-4-10-11(8)15-12(13)16(10)5-9-6-17-7-14-9/h2-4,6-7H,5H2,1H3,(H2,13,15). The molecule has 0 saturated carbocycles. The molecule has 0 spiro atoms. The first kappa shape index (κ1) is 10.3. The minimum Gasteiger partial charge on any atom is -0.369 e. The number of nitrogen functional groups attached to an aromatic ring is 1. The summed E-state index contributed by atoms with van der Waals surface area (Å²) in [5, 5.41) is 2.03. The number of aryl methyl sites for hydroxylation is 1. The molecule has 0 aliphatic carbocycles. The van der Waals surface area contributed by atoms with Gasteiger partial charge in [-0.3, -0.25) is 0 Å². The third-order valence-corrected chi connectivity index (χ3v) is 3.45. The van der Waals surface area contributed by atoms with Gasteiger partial charge >= 0.3 is 0 Å². The Balaban J connectivity index is 2.16. The maximum atomic E-state index is 5.97. The van der Waals surface area contributed by atoms with Gasteiger partial charge in [-0.2, -0.15) is 0 Å². The summed E-state index contributed by atoms with van der Waals surface area (Å²) in [6, 6.07) is 6.11. The first-order chi connectivity index (χ1) is 8.25. The van der Waals surface area contributed by atoms with Crippen LogP contribution in [0.15, 0.2) is 29.1 Å². The SMILES string of the molecule is Cc1cccc2c1nc(N)n2Cc1cscn1. The van der Waals surface area contributed by atoms with Gasteiger partial charge in [0, 0.05) is 5.38 Å². The lowest BCUT2D eigenvalue weighted by Crippen LogP contribution is -2.04. The fraction of sp³-hybridized carbons (Fsp3) is 0.167. The lowest BCUT2D eigenvalue weighted by Gasteiger charge is -2.03. The van der Waals surface area contributed by atoms with Crippen molar-refractivity contribution in [1.82, 2.24) is 14.5 Å². The molecule has 0 aliphatic heterocycles. The number of nitrogens with two attached hydrogens (primary N) is 1. The third-order valence-electron chi connectivity index (χ3n) is 2.81. The van der Waals surface area contributed by atoms with E-state index in [1.807, 2.05) is 40.6 Å². The molecular weight excluding hydrogens is 232 g/mol. The Bertz CT molecular complexity index is 655. The van der Waals surface area contributed by atoms with E-state index in [0.717, 1.165) is 22.3 Å². The van der Waals surface area contributed by atoms with Crippen LogP contribution in [0.1, 0.15) is 11.3 Å². The highest BCUT2D eigenvalue weighted by Crippen LogP contribution is 2.21. The van der Waals surface area contributed by atoms with Crippen molar-refractivity contribution in [2.24, 2.45) is 0 Å². The van der Waals surface area contributed by atoms with Gasteiger partial charge < -0.3 is 10.3 Å². The summed E-state index contributed by atoms with van der Waals surface area (Å²) in [5.41, 5.74) is 12.0. The number of benzene rings is 1. The minimum atomic E-state index is 0.544. The van der Waals surface area contributed by atoms with Crippen LogP contribution in [0.3, 0.4) is 0 Å².